The van der Waals surface area contributed by atoms with Crippen LogP contribution in [0.4, 0.5) is 46.3 Å². The van der Waals surface area contributed by atoms with Gasteiger partial charge in [0.15, 0.2) is 5.75 Å². The number of nitrogens with zero attached hydrogens (tertiary/aromatic N) is 6. The molecule has 3 aromatic carbocycles. The molecule has 50 heavy (non-hydrogen) atoms. The SMILES string of the molecule is CN(C)CCN(C)c1cc(OC(F)(F)F)c(Nc2ncc(NC(=O)/C=C/c3ccc(F)cc3)c(-c3cn(C)c4ccccc34)n2)cc1[N+](=O)[O-]. The van der Waals surface area contributed by atoms with Crippen molar-refractivity contribution in [1.82, 2.24) is 19.4 Å². The zero-order valence-electron chi connectivity index (χ0n) is 27.3. The minimum absolute atomic E-state index is 0.0919. The van der Waals surface area contributed by atoms with Gasteiger partial charge in [0.25, 0.3) is 5.69 Å². The van der Waals surface area contributed by atoms with Crippen molar-refractivity contribution in [1.29, 1.82) is 0 Å². The zero-order valence-corrected chi connectivity index (χ0v) is 27.3. The van der Waals surface area contributed by atoms with Crippen LogP contribution in [0, 0.1) is 15.9 Å². The number of para-hydroxylation sites is 1. The highest BCUT2D eigenvalue weighted by Gasteiger charge is 2.34. The number of aromatic nitrogens is 3. The third-order valence-electron chi connectivity index (χ3n) is 7.54. The standard InChI is InChI=1S/C34H32F4N8O4/c1-43(2)15-16-44(3)28-18-30(50-34(36,37)38)25(17-29(28)46(48)49)41-33-39-19-26(40-31(47)14-11-21-9-12-22(35)13-10-21)32(42-33)24-20-45(4)27-8-6-5-7-23(24)27/h5-14,17-20H,15-16H2,1-4H3,(H,40,47)(H,39,41,42)/b14-11+. The smallest absolute Gasteiger partial charge is 0.403 e. The molecule has 0 aliphatic carbocycles. The molecule has 0 atom stereocenters. The van der Waals surface area contributed by atoms with Crippen molar-refractivity contribution in [3.63, 3.8) is 0 Å². The van der Waals surface area contributed by atoms with Crippen LogP contribution in [0.25, 0.3) is 28.2 Å². The fraction of sp³-hybridized carbons (Fsp3) is 0.206. The van der Waals surface area contributed by atoms with E-state index in [4.69, 9.17) is 0 Å². The number of likely N-dealkylation sites (N-methyl/N-ethyl adjacent to an activating group) is 2. The topological polar surface area (TPSA) is 131 Å². The molecule has 0 fully saturated rings. The Labute approximate surface area is 283 Å². The lowest BCUT2D eigenvalue weighted by atomic mass is 10.1. The van der Waals surface area contributed by atoms with E-state index in [9.17, 15) is 32.5 Å². The molecule has 0 spiro atoms. The lowest BCUT2D eigenvalue weighted by Gasteiger charge is -2.23. The first-order valence-corrected chi connectivity index (χ1v) is 15.1. The summed E-state index contributed by atoms with van der Waals surface area (Å²) in [7, 11) is 6.92. The molecule has 2 aromatic heterocycles. The van der Waals surface area contributed by atoms with Crippen LogP contribution < -0.4 is 20.3 Å². The first-order valence-electron chi connectivity index (χ1n) is 15.1. The van der Waals surface area contributed by atoms with Gasteiger partial charge in [0, 0.05) is 68.1 Å². The molecular weight excluding hydrogens is 660 g/mol. The van der Waals surface area contributed by atoms with Gasteiger partial charge < -0.3 is 29.7 Å². The maximum atomic E-state index is 13.6. The van der Waals surface area contributed by atoms with Crippen LogP contribution in [0.1, 0.15) is 5.56 Å². The first-order chi connectivity index (χ1) is 23.7. The molecule has 16 heteroatoms. The van der Waals surface area contributed by atoms with Crippen LogP contribution >= 0.6 is 0 Å². The Morgan fingerprint density at radius 2 is 1.78 bits per heavy atom. The van der Waals surface area contributed by atoms with Gasteiger partial charge in [-0.1, -0.05) is 30.3 Å². The van der Waals surface area contributed by atoms with Crippen LogP contribution in [0.3, 0.4) is 0 Å². The number of nitro groups is 1. The maximum absolute atomic E-state index is 13.6. The fourth-order valence-electron chi connectivity index (χ4n) is 5.10. The number of benzene rings is 3. The molecule has 0 aliphatic heterocycles. The quantitative estimate of drug-likeness (QED) is 0.0616. The van der Waals surface area contributed by atoms with Crippen molar-refractivity contribution in [2.75, 3.05) is 49.8 Å². The summed E-state index contributed by atoms with van der Waals surface area (Å²) in [6, 6.07) is 14.8. The van der Waals surface area contributed by atoms with Crippen molar-refractivity contribution in [2.45, 2.75) is 6.36 Å². The van der Waals surface area contributed by atoms with E-state index in [1.165, 1.54) is 54.6 Å². The number of nitro benzene ring substituents is 1. The van der Waals surface area contributed by atoms with Crippen LogP contribution in [0.15, 0.2) is 79.1 Å². The second kappa shape index (κ2) is 14.6. The molecule has 1 amide bonds. The van der Waals surface area contributed by atoms with Gasteiger partial charge >= 0.3 is 6.36 Å². The number of carbonyl (C=O) groups excluding carboxylic acids is 1. The molecule has 5 rings (SSSR count). The second-order valence-corrected chi connectivity index (χ2v) is 11.5. The van der Waals surface area contributed by atoms with Crippen LogP contribution in [-0.4, -0.2) is 70.9 Å². The molecule has 0 saturated carbocycles. The lowest BCUT2D eigenvalue weighted by molar-refractivity contribution is -0.384. The van der Waals surface area contributed by atoms with Gasteiger partial charge in [-0.15, -0.1) is 13.2 Å². The van der Waals surface area contributed by atoms with Gasteiger partial charge in [0.2, 0.25) is 11.9 Å². The summed E-state index contributed by atoms with van der Waals surface area (Å²) in [5.74, 6) is -1.96. The lowest BCUT2D eigenvalue weighted by Crippen LogP contribution is -2.29. The average molecular weight is 693 g/mol. The second-order valence-electron chi connectivity index (χ2n) is 11.5. The molecule has 0 radical (unpaired) electrons. The Hall–Kier alpha value is -6.03. The predicted octanol–water partition coefficient (Wildman–Crippen LogP) is 6.97. The Balaban J connectivity index is 1.57. The summed E-state index contributed by atoms with van der Waals surface area (Å²) < 4.78 is 60.3. The normalized spacial score (nSPS) is 11.7. The largest absolute Gasteiger partial charge is 0.573 e. The third-order valence-corrected chi connectivity index (χ3v) is 7.54. The van der Waals surface area contributed by atoms with E-state index in [0.29, 0.717) is 17.7 Å². The number of carbonyl (C=O) groups is 1. The van der Waals surface area contributed by atoms with E-state index in [-0.39, 0.29) is 29.6 Å². The molecule has 2 heterocycles. The number of alkyl halides is 3. The zero-order chi connectivity index (χ0) is 36.2. The molecular formula is C34H32F4N8O4. The monoisotopic (exact) mass is 692 g/mol. The van der Waals surface area contributed by atoms with Crippen molar-refractivity contribution in [2.24, 2.45) is 7.05 Å². The highest BCUT2D eigenvalue weighted by molar-refractivity contribution is 6.06. The number of anilines is 4. The Morgan fingerprint density at radius 1 is 1.06 bits per heavy atom. The summed E-state index contributed by atoms with van der Waals surface area (Å²) in [6.07, 6.45) is 0.625. The molecule has 260 valence electrons. The molecule has 0 saturated heterocycles. The molecule has 12 nitrogen and oxygen atoms in total. The van der Waals surface area contributed by atoms with Gasteiger partial charge in [-0.2, -0.15) is 0 Å². The summed E-state index contributed by atoms with van der Waals surface area (Å²) in [5.41, 5.74) is 1.35. The van der Waals surface area contributed by atoms with Crippen molar-refractivity contribution >= 4 is 51.6 Å². The molecule has 2 N–H and O–H groups in total. The van der Waals surface area contributed by atoms with Gasteiger partial charge in [0.05, 0.1) is 22.5 Å². The number of amides is 1. The van der Waals surface area contributed by atoms with Gasteiger partial charge in [-0.3, -0.25) is 14.9 Å². The van der Waals surface area contributed by atoms with E-state index in [0.717, 1.165) is 23.0 Å². The van der Waals surface area contributed by atoms with Crippen molar-refractivity contribution in [3.05, 3.63) is 101 Å². The summed E-state index contributed by atoms with van der Waals surface area (Å²) in [5, 5.41) is 18.3. The maximum Gasteiger partial charge on any atom is 0.573 e. The third kappa shape index (κ3) is 8.51. The number of hydrogen-bond donors (Lipinski definition) is 2. The first kappa shape index (κ1) is 35.3. The fourth-order valence-corrected chi connectivity index (χ4v) is 5.10. The van der Waals surface area contributed by atoms with E-state index in [2.05, 4.69) is 25.3 Å². The number of ether oxygens (including phenoxy) is 1. The molecule has 5 aromatic rings. The van der Waals surface area contributed by atoms with E-state index < -0.39 is 40.1 Å². The van der Waals surface area contributed by atoms with Crippen molar-refractivity contribution < 1.29 is 32.0 Å². The van der Waals surface area contributed by atoms with E-state index in [1.54, 1.807) is 20.3 Å². The van der Waals surface area contributed by atoms with E-state index in [1.807, 2.05) is 40.8 Å². The Bertz CT molecular complexity index is 2060. The summed E-state index contributed by atoms with van der Waals surface area (Å²) in [4.78, 5) is 36.5. The molecule has 0 unspecified atom stereocenters. The van der Waals surface area contributed by atoms with Gasteiger partial charge in [-0.25, -0.2) is 14.4 Å². The van der Waals surface area contributed by atoms with Crippen LogP contribution in [0.5, 0.6) is 5.75 Å². The minimum Gasteiger partial charge on any atom is -0.403 e. The number of hydrogen-bond acceptors (Lipinski definition) is 9. The number of nitrogens with one attached hydrogen (secondary N) is 2. The highest BCUT2D eigenvalue weighted by Crippen LogP contribution is 2.42. The molecule has 0 aliphatic rings. The number of halogens is 4. The predicted molar refractivity (Wildman–Crippen MR) is 183 cm³/mol. The summed E-state index contributed by atoms with van der Waals surface area (Å²) in [6.45, 7) is 0.745. The van der Waals surface area contributed by atoms with Gasteiger partial charge in [0.1, 0.15) is 17.2 Å². The number of fused-ring (bicyclic) bond motifs is 1. The Kier molecular flexibility index (Phi) is 10.3. The Morgan fingerprint density at radius 3 is 2.46 bits per heavy atom. The average Bonchev–Trinajstić information content (AvgIpc) is 3.39. The van der Waals surface area contributed by atoms with Crippen LogP contribution in [-0.2, 0) is 11.8 Å². The van der Waals surface area contributed by atoms with Crippen LogP contribution in [0.2, 0.25) is 0 Å². The minimum atomic E-state index is -5.13. The molecule has 0 bridgehead atoms. The number of rotatable bonds is 12. The summed E-state index contributed by atoms with van der Waals surface area (Å²) >= 11 is 0. The van der Waals surface area contributed by atoms with E-state index >= 15 is 0 Å². The number of aryl methyl sites for hydroxylation is 1. The van der Waals surface area contributed by atoms with Gasteiger partial charge in [-0.05, 0) is 43.9 Å². The van der Waals surface area contributed by atoms with Crippen molar-refractivity contribution in [3.8, 4) is 17.0 Å². The highest BCUT2D eigenvalue weighted by atomic mass is 19.4.